The van der Waals surface area contributed by atoms with Crippen molar-refractivity contribution in [3.05, 3.63) is 59.9 Å². The van der Waals surface area contributed by atoms with Gasteiger partial charge < -0.3 is 10.2 Å². The van der Waals surface area contributed by atoms with E-state index in [0.29, 0.717) is 24.2 Å². The van der Waals surface area contributed by atoms with Crippen molar-refractivity contribution >= 4 is 27.1 Å². The smallest absolute Gasteiger partial charge is 0.228 e. The van der Waals surface area contributed by atoms with E-state index in [-0.39, 0.29) is 29.9 Å². The van der Waals surface area contributed by atoms with Crippen LogP contribution in [0.2, 0.25) is 0 Å². The number of hydrogen-bond donors (Lipinski definition) is 1. The van der Waals surface area contributed by atoms with Crippen LogP contribution in [0.4, 0.5) is 15.8 Å². The van der Waals surface area contributed by atoms with Gasteiger partial charge in [0.1, 0.15) is 5.82 Å². The Morgan fingerprint density at radius 2 is 1.89 bits per heavy atom. The fourth-order valence-electron chi connectivity index (χ4n) is 3.43. The van der Waals surface area contributed by atoms with Crippen LogP contribution in [0, 0.1) is 5.82 Å². The molecule has 0 aliphatic carbocycles. The third kappa shape index (κ3) is 4.86. The van der Waals surface area contributed by atoms with Gasteiger partial charge in [-0.3, -0.25) is 4.79 Å². The van der Waals surface area contributed by atoms with Gasteiger partial charge >= 0.3 is 0 Å². The van der Waals surface area contributed by atoms with E-state index in [0.717, 1.165) is 5.69 Å². The quantitative estimate of drug-likeness (QED) is 0.823. The summed E-state index contributed by atoms with van der Waals surface area (Å²) < 4.78 is 37.1. The summed E-state index contributed by atoms with van der Waals surface area (Å²) in [6.45, 7) is 2.70. The number of halogens is 1. The highest BCUT2D eigenvalue weighted by Gasteiger charge is 2.31. The highest BCUT2D eigenvalue weighted by molar-refractivity contribution is 7.91. The number of carbonyl (C=O) groups is 1. The van der Waals surface area contributed by atoms with Gasteiger partial charge in [0.25, 0.3) is 0 Å². The molecule has 27 heavy (non-hydrogen) atoms. The third-order valence-corrected chi connectivity index (χ3v) is 6.53. The zero-order valence-electron chi connectivity index (χ0n) is 15.2. The van der Waals surface area contributed by atoms with E-state index in [1.165, 1.54) is 6.07 Å². The summed E-state index contributed by atoms with van der Waals surface area (Å²) >= 11 is 0. The highest BCUT2D eigenvalue weighted by Crippen LogP contribution is 2.25. The van der Waals surface area contributed by atoms with Gasteiger partial charge in [-0.15, -0.1) is 0 Å². The molecule has 1 atom stereocenters. The summed E-state index contributed by atoms with van der Waals surface area (Å²) in [6.07, 6.45) is 0.604. The van der Waals surface area contributed by atoms with Crippen molar-refractivity contribution in [2.45, 2.75) is 25.8 Å². The van der Waals surface area contributed by atoms with Crippen LogP contribution < -0.4 is 10.2 Å². The van der Waals surface area contributed by atoms with Crippen molar-refractivity contribution in [2.75, 3.05) is 28.3 Å². The van der Waals surface area contributed by atoms with Crippen molar-refractivity contribution < 1.29 is 17.6 Å². The average molecular weight is 390 g/mol. The summed E-state index contributed by atoms with van der Waals surface area (Å²) in [7, 11) is -2.95. The van der Waals surface area contributed by atoms with Crippen LogP contribution in [0.5, 0.6) is 0 Å². The summed E-state index contributed by atoms with van der Waals surface area (Å²) in [4.78, 5) is 14.2. The number of anilines is 2. The molecule has 5 nitrogen and oxygen atoms in total. The van der Waals surface area contributed by atoms with Crippen LogP contribution in [0.3, 0.4) is 0 Å². The molecule has 0 saturated carbocycles. The van der Waals surface area contributed by atoms with Gasteiger partial charge in [0, 0.05) is 24.0 Å². The second-order valence-corrected chi connectivity index (χ2v) is 8.93. The molecular formula is C20H23FN2O3S. The molecule has 1 saturated heterocycles. The molecule has 1 aliphatic rings. The number of nitrogens with zero attached hydrogens (tertiary/aromatic N) is 1. The minimum atomic E-state index is -2.95. The van der Waals surface area contributed by atoms with Crippen molar-refractivity contribution in [3.8, 4) is 0 Å². The van der Waals surface area contributed by atoms with Crippen LogP contribution in [0.15, 0.2) is 48.5 Å². The average Bonchev–Trinajstić information content (AvgIpc) is 2.99. The maximum atomic E-state index is 13.6. The van der Waals surface area contributed by atoms with Gasteiger partial charge in [0.2, 0.25) is 5.91 Å². The largest absolute Gasteiger partial charge is 0.368 e. The molecule has 7 heteroatoms. The zero-order chi connectivity index (χ0) is 19.4. The van der Waals surface area contributed by atoms with Gasteiger partial charge in [-0.2, -0.15) is 0 Å². The predicted octanol–water partition coefficient (Wildman–Crippen LogP) is 3.02. The van der Waals surface area contributed by atoms with Crippen molar-refractivity contribution in [1.82, 2.24) is 0 Å². The van der Waals surface area contributed by atoms with Crippen molar-refractivity contribution in [3.63, 3.8) is 0 Å². The number of carbonyl (C=O) groups excluding carboxylic acids is 1. The minimum Gasteiger partial charge on any atom is -0.368 e. The van der Waals surface area contributed by atoms with Gasteiger partial charge in [-0.05, 0) is 49.2 Å². The Labute approximate surface area is 159 Å². The Hall–Kier alpha value is -2.41. The monoisotopic (exact) mass is 390 g/mol. The van der Waals surface area contributed by atoms with E-state index in [9.17, 15) is 17.6 Å². The van der Waals surface area contributed by atoms with E-state index in [1.807, 2.05) is 19.1 Å². The first-order chi connectivity index (χ1) is 12.9. The van der Waals surface area contributed by atoms with Crippen LogP contribution in [0.25, 0.3) is 0 Å². The molecule has 0 radical (unpaired) electrons. The molecule has 1 N–H and O–H groups in total. The van der Waals surface area contributed by atoms with E-state index < -0.39 is 15.7 Å². The van der Waals surface area contributed by atoms with Crippen molar-refractivity contribution in [1.29, 1.82) is 0 Å². The lowest BCUT2D eigenvalue weighted by atomic mass is 10.1. The number of hydrogen-bond acceptors (Lipinski definition) is 4. The Kier molecular flexibility index (Phi) is 5.79. The van der Waals surface area contributed by atoms with Crippen LogP contribution in [0.1, 0.15) is 18.9 Å². The molecule has 1 fully saturated rings. The Bertz CT molecular complexity index is 913. The molecule has 0 spiro atoms. The minimum absolute atomic E-state index is 0.0125. The molecule has 0 bridgehead atoms. The van der Waals surface area contributed by atoms with Crippen molar-refractivity contribution in [2.24, 2.45) is 0 Å². The SMILES string of the molecule is CCN(c1ccc(NC(=O)Cc2ccccc2F)cc1)C1CCS(=O)(=O)C1. The van der Waals surface area contributed by atoms with Gasteiger partial charge in [0.15, 0.2) is 9.84 Å². The van der Waals surface area contributed by atoms with E-state index in [1.54, 1.807) is 30.3 Å². The third-order valence-electron chi connectivity index (χ3n) is 4.78. The van der Waals surface area contributed by atoms with Gasteiger partial charge in [0.05, 0.1) is 17.9 Å². The maximum Gasteiger partial charge on any atom is 0.228 e. The highest BCUT2D eigenvalue weighted by atomic mass is 32.2. The molecule has 2 aromatic rings. The van der Waals surface area contributed by atoms with Crippen LogP contribution in [-0.4, -0.2) is 38.4 Å². The summed E-state index contributed by atoms with van der Waals surface area (Å²) in [5, 5.41) is 2.76. The molecule has 144 valence electrons. The predicted molar refractivity (Wildman–Crippen MR) is 105 cm³/mol. The lowest BCUT2D eigenvalue weighted by Gasteiger charge is -2.29. The molecule has 1 unspecified atom stereocenters. The molecule has 1 aliphatic heterocycles. The first-order valence-electron chi connectivity index (χ1n) is 8.98. The van der Waals surface area contributed by atoms with Gasteiger partial charge in [-0.25, -0.2) is 12.8 Å². The summed E-state index contributed by atoms with van der Waals surface area (Å²) in [5.74, 6) is -0.268. The number of benzene rings is 2. The maximum absolute atomic E-state index is 13.6. The summed E-state index contributed by atoms with van der Waals surface area (Å²) in [6, 6.07) is 13.5. The van der Waals surface area contributed by atoms with Gasteiger partial charge in [-0.1, -0.05) is 18.2 Å². The van der Waals surface area contributed by atoms with E-state index in [4.69, 9.17) is 0 Å². The molecule has 2 aromatic carbocycles. The molecule has 1 amide bonds. The number of nitrogens with one attached hydrogen (secondary N) is 1. The lowest BCUT2D eigenvalue weighted by Crippen LogP contribution is -2.36. The first-order valence-corrected chi connectivity index (χ1v) is 10.8. The Morgan fingerprint density at radius 3 is 2.48 bits per heavy atom. The number of rotatable bonds is 6. The summed E-state index contributed by atoms with van der Waals surface area (Å²) in [5.41, 5.74) is 1.90. The standard InChI is InChI=1S/C20H23FN2O3S/c1-2-23(18-11-12-27(25,26)14-18)17-9-7-16(8-10-17)22-20(24)13-15-5-3-4-6-19(15)21/h3-10,18H,2,11-14H2,1H3,(H,22,24). The number of sulfone groups is 1. The lowest BCUT2D eigenvalue weighted by molar-refractivity contribution is -0.115. The van der Waals surface area contributed by atoms with E-state index in [2.05, 4.69) is 10.2 Å². The Morgan fingerprint density at radius 1 is 1.19 bits per heavy atom. The number of amides is 1. The van der Waals surface area contributed by atoms with Crippen LogP contribution in [-0.2, 0) is 21.1 Å². The Balaban J connectivity index is 1.64. The van der Waals surface area contributed by atoms with E-state index >= 15 is 0 Å². The van der Waals surface area contributed by atoms with Crippen LogP contribution >= 0.6 is 0 Å². The molecule has 3 rings (SSSR count). The zero-order valence-corrected chi connectivity index (χ0v) is 16.0. The molecule has 1 heterocycles. The normalized spacial score (nSPS) is 18.2. The fraction of sp³-hybridized carbons (Fsp3) is 0.350. The fourth-order valence-corrected chi connectivity index (χ4v) is 5.16. The second kappa shape index (κ2) is 8.08. The second-order valence-electron chi connectivity index (χ2n) is 6.71. The molecular weight excluding hydrogens is 367 g/mol. The first kappa shape index (κ1) is 19.4. The topological polar surface area (TPSA) is 66.5 Å². The molecule has 0 aromatic heterocycles.